The molecule has 0 aromatic heterocycles. The van der Waals surface area contributed by atoms with Crippen LogP contribution in [-0.2, 0) is 9.47 Å². The van der Waals surface area contributed by atoms with Crippen molar-refractivity contribution >= 4 is 0 Å². The fraction of sp³-hybridized carbons (Fsp3) is 1.00. The van der Waals surface area contributed by atoms with Crippen LogP contribution in [0.4, 0.5) is 0 Å². The van der Waals surface area contributed by atoms with Crippen LogP contribution in [0.1, 0.15) is 27.7 Å². The molecule has 0 spiro atoms. The molecule has 1 saturated heterocycles. The average Bonchev–Trinajstić information content (AvgIpc) is 2.22. The van der Waals surface area contributed by atoms with E-state index in [1.807, 2.05) is 13.8 Å². The Morgan fingerprint density at radius 1 is 1.13 bits per heavy atom. The summed E-state index contributed by atoms with van der Waals surface area (Å²) in [4.78, 5) is 0. The standard InChI is InChI=1S/C8H16O5.C2H6/c1-4(2)13-8-7(11)6(10)5(9)3-12-8;1-2/h4-11H,3H2,1-2H3;1-2H3. The lowest BCUT2D eigenvalue weighted by molar-refractivity contribution is -0.278. The Morgan fingerprint density at radius 3 is 2.13 bits per heavy atom. The Kier molecular flexibility index (Phi) is 7.04. The van der Waals surface area contributed by atoms with Crippen molar-refractivity contribution in [2.24, 2.45) is 0 Å². The van der Waals surface area contributed by atoms with E-state index in [1.54, 1.807) is 13.8 Å². The minimum Gasteiger partial charge on any atom is -0.388 e. The maximum Gasteiger partial charge on any atom is 0.186 e. The van der Waals surface area contributed by atoms with E-state index in [1.165, 1.54) is 0 Å². The topological polar surface area (TPSA) is 79.2 Å². The fourth-order valence-electron chi connectivity index (χ4n) is 1.17. The molecule has 1 fully saturated rings. The number of rotatable bonds is 2. The van der Waals surface area contributed by atoms with Crippen LogP contribution in [0, 0.1) is 0 Å². The molecule has 3 N–H and O–H groups in total. The van der Waals surface area contributed by atoms with Gasteiger partial charge in [0.2, 0.25) is 0 Å². The van der Waals surface area contributed by atoms with Crippen molar-refractivity contribution in [2.75, 3.05) is 6.61 Å². The Labute approximate surface area is 90.6 Å². The van der Waals surface area contributed by atoms with E-state index in [9.17, 15) is 10.2 Å². The van der Waals surface area contributed by atoms with Gasteiger partial charge in [-0.05, 0) is 13.8 Å². The molecule has 1 rings (SSSR count). The molecule has 15 heavy (non-hydrogen) atoms. The maximum absolute atomic E-state index is 9.40. The molecular formula is C10H22O5. The van der Waals surface area contributed by atoms with Crippen molar-refractivity contribution in [2.45, 2.75) is 58.4 Å². The highest BCUT2D eigenvalue weighted by Gasteiger charge is 2.38. The van der Waals surface area contributed by atoms with Gasteiger partial charge in [-0.15, -0.1) is 0 Å². The van der Waals surface area contributed by atoms with Gasteiger partial charge < -0.3 is 24.8 Å². The molecule has 5 heteroatoms. The van der Waals surface area contributed by atoms with Gasteiger partial charge in [-0.25, -0.2) is 0 Å². The molecule has 5 nitrogen and oxygen atoms in total. The maximum atomic E-state index is 9.40. The molecule has 1 aliphatic heterocycles. The van der Waals surface area contributed by atoms with E-state index >= 15 is 0 Å². The van der Waals surface area contributed by atoms with E-state index in [2.05, 4.69) is 0 Å². The summed E-state index contributed by atoms with van der Waals surface area (Å²) < 4.78 is 10.2. The third-order valence-electron chi connectivity index (χ3n) is 1.86. The second-order valence-corrected chi connectivity index (χ2v) is 3.44. The first-order valence-electron chi connectivity index (χ1n) is 5.33. The Bertz CT molecular complexity index is 162. The van der Waals surface area contributed by atoms with Gasteiger partial charge in [-0.3, -0.25) is 0 Å². The van der Waals surface area contributed by atoms with E-state index in [0.29, 0.717) is 0 Å². The lowest BCUT2D eigenvalue weighted by Crippen LogP contribution is -2.54. The number of hydrogen-bond acceptors (Lipinski definition) is 5. The Hall–Kier alpha value is -0.200. The Morgan fingerprint density at radius 2 is 1.67 bits per heavy atom. The zero-order valence-electron chi connectivity index (χ0n) is 9.75. The smallest absolute Gasteiger partial charge is 0.186 e. The number of aliphatic hydroxyl groups excluding tert-OH is 3. The van der Waals surface area contributed by atoms with E-state index in [0.717, 1.165) is 0 Å². The quantitative estimate of drug-likeness (QED) is 0.607. The molecule has 92 valence electrons. The number of aliphatic hydroxyl groups is 3. The largest absolute Gasteiger partial charge is 0.388 e. The predicted octanol–water partition coefficient (Wildman–Crippen LogP) is -0.123. The first-order chi connectivity index (χ1) is 7.02. The van der Waals surface area contributed by atoms with Gasteiger partial charge >= 0.3 is 0 Å². The third kappa shape index (κ3) is 4.44. The second-order valence-electron chi connectivity index (χ2n) is 3.44. The molecule has 0 aromatic rings. The van der Waals surface area contributed by atoms with Gasteiger partial charge in [0.1, 0.15) is 18.3 Å². The second kappa shape index (κ2) is 7.14. The van der Waals surface area contributed by atoms with Crippen LogP contribution < -0.4 is 0 Å². The summed E-state index contributed by atoms with van der Waals surface area (Å²) in [7, 11) is 0. The SMILES string of the molecule is CC.CC(C)OC1OCC(O)C(O)C1O. The lowest BCUT2D eigenvalue weighted by Gasteiger charge is -2.35. The van der Waals surface area contributed by atoms with Crippen LogP contribution in [0.3, 0.4) is 0 Å². The van der Waals surface area contributed by atoms with Crippen LogP contribution in [0.25, 0.3) is 0 Å². The first kappa shape index (κ1) is 14.8. The van der Waals surface area contributed by atoms with Crippen molar-refractivity contribution in [3.05, 3.63) is 0 Å². The van der Waals surface area contributed by atoms with Gasteiger partial charge in [-0.1, -0.05) is 13.8 Å². The summed E-state index contributed by atoms with van der Waals surface area (Å²) in [6.07, 6.45) is -4.37. The van der Waals surface area contributed by atoms with Gasteiger partial charge in [0, 0.05) is 0 Å². The zero-order chi connectivity index (χ0) is 12.0. The van der Waals surface area contributed by atoms with Gasteiger partial charge in [-0.2, -0.15) is 0 Å². The van der Waals surface area contributed by atoms with Crippen molar-refractivity contribution in [3.63, 3.8) is 0 Å². The molecule has 1 aliphatic rings. The van der Waals surface area contributed by atoms with Crippen LogP contribution in [0.15, 0.2) is 0 Å². The van der Waals surface area contributed by atoms with Gasteiger partial charge in [0.05, 0.1) is 12.7 Å². The molecule has 4 atom stereocenters. The highest BCUT2D eigenvalue weighted by Crippen LogP contribution is 2.17. The minimum atomic E-state index is -1.20. The zero-order valence-corrected chi connectivity index (χ0v) is 9.75. The third-order valence-corrected chi connectivity index (χ3v) is 1.86. The minimum absolute atomic E-state index is 0.0182. The van der Waals surface area contributed by atoms with Crippen molar-refractivity contribution in [1.82, 2.24) is 0 Å². The molecule has 0 aromatic carbocycles. The van der Waals surface area contributed by atoms with E-state index < -0.39 is 24.6 Å². The Balaban J connectivity index is 0.000000921. The molecule has 1 heterocycles. The van der Waals surface area contributed by atoms with Crippen molar-refractivity contribution in [1.29, 1.82) is 0 Å². The molecule has 0 amide bonds. The summed E-state index contributed by atoms with van der Waals surface area (Å²) >= 11 is 0. The van der Waals surface area contributed by atoms with E-state index in [-0.39, 0.29) is 12.7 Å². The van der Waals surface area contributed by atoms with Crippen molar-refractivity contribution in [3.8, 4) is 0 Å². The lowest BCUT2D eigenvalue weighted by atomic mass is 10.1. The highest BCUT2D eigenvalue weighted by atomic mass is 16.7. The van der Waals surface area contributed by atoms with E-state index in [4.69, 9.17) is 14.6 Å². The highest BCUT2D eigenvalue weighted by molar-refractivity contribution is 4.82. The van der Waals surface area contributed by atoms with Crippen LogP contribution in [0.5, 0.6) is 0 Å². The van der Waals surface area contributed by atoms with Gasteiger partial charge in [0.15, 0.2) is 6.29 Å². The van der Waals surface area contributed by atoms with Crippen LogP contribution >= 0.6 is 0 Å². The molecule has 0 aliphatic carbocycles. The summed E-state index contributed by atoms with van der Waals surface area (Å²) in [6, 6.07) is 0. The first-order valence-corrected chi connectivity index (χ1v) is 5.33. The van der Waals surface area contributed by atoms with Crippen LogP contribution in [0.2, 0.25) is 0 Å². The number of ether oxygens (including phenoxy) is 2. The van der Waals surface area contributed by atoms with Crippen molar-refractivity contribution < 1.29 is 24.8 Å². The van der Waals surface area contributed by atoms with Crippen LogP contribution in [-0.4, -0.2) is 52.6 Å². The fourth-order valence-corrected chi connectivity index (χ4v) is 1.17. The molecule has 0 bridgehead atoms. The molecular weight excluding hydrogens is 200 g/mol. The average molecular weight is 222 g/mol. The molecule has 0 saturated carbocycles. The summed E-state index contributed by atoms with van der Waals surface area (Å²) in [5, 5.41) is 27.8. The number of hydrogen-bond donors (Lipinski definition) is 3. The van der Waals surface area contributed by atoms with Gasteiger partial charge in [0.25, 0.3) is 0 Å². The monoisotopic (exact) mass is 222 g/mol. The summed E-state index contributed by atoms with van der Waals surface area (Å²) in [5.74, 6) is 0. The summed E-state index contributed by atoms with van der Waals surface area (Å²) in [5.41, 5.74) is 0. The summed E-state index contributed by atoms with van der Waals surface area (Å²) in [6.45, 7) is 7.58. The predicted molar refractivity (Wildman–Crippen MR) is 55.3 cm³/mol. The molecule has 0 radical (unpaired) electrons. The molecule has 4 unspecified atom stereocenters. The normalized spacial score (nSPS) is 36.0.